The Balaban J connectivity index is 2.01. The van der Waals surface area contributed by atoms with Crippen molar-refractivity contribution < 1.29 is 8.42 Å². The summed E-state index contributed by atoms with van der Waals surface area (Å²) >= 11 is 7.19. The van der Waals surface area contributed by atoms with Crippen molar-refractivity contribution in [2.45, 2.75) is 11.3 Å². The predicted molar refractivity (Wildman–Crippen MR) is 76.9 cm³/mol. The highest BCUT2D eigenvalue weighted by Crippen LogP contribution is 2.20. The number of hydrogen-bond donors (Lipinski definition) is 2. The van der Waals surface area contributed by atoms with Crippen molar-refractivity contribution in [3.05, 3.63) is 40.4 Å². The van der Waals surface area contributed by atoms with E-state index in [1.165, 1.54) is 23.5 Å². The first kappa shape index (κ1) is 14.3. The minimum absolute atomic E-state index is 0.0782. The van der Waals surface area contributed by atoms with Gasteiger partial charge in [-0.1, -0.05) is 23.7 Å². The molecule has 1 aromatic carbocycles. The van der Waals surface area contributed by atoms with Crippen molar-refractivity contribution in [1.29, 1.82) is 0 Å². The van der Waals surface area contributed by atoms with Crippen LogP contribution in [0.4, 0.5) is 5.13 Å². The van der Waals surface area contributed by atoms with Gasteiger partial charge in [0.1, 0.15) is 4.90 Å². The van der Waals surface area contributed by atoms with Crippen LogP contribution in [0.15, 0.2) is 34.5 Å². The molecule has 0 bridgehead atoms. The molecule has 2 aromatic rings. The number of benzene rings is 1. The van der Waals surface area contributed by atoms with Gasteiger partial charge in [0.15, 0.2) is 5.13 Å². The molecule has 0 radical (unpaired) electrons. The molecule has 5 nitrogen and oxygen atoms in total. The molecule has 0 aliphatic rings. The number of aromatic nitrogens is 1. The van der Waals surface area contributed by atoms with Crippen molar-refractivity contribution in [2.75, 3.05) is 12.3 Å². The average Bonchev–Trinajstić information content (AvgIpc) is 2.75. The second-order valence-corrected chi connectivity index (χ2v) is 6.79. The number of sulfonamides is 1. The summed E-state index contributed by atoms with van der Waals surface area (Å²) in [6, 6.07) is 6.31. The van der Waals surface area contributed by atoms with Crippen molar-refractivity contribution in [3.8, 4) is 0 Å². The van der Waals surface area contributed by atoms with Gasteiger partial charge in [-0.05, 0) is 12.1 Å². The van der Waals surface area contributed by atoms with Crippen LogP contribution in [0.1, 0.15) is 5.69 Å². The lowest BCUT2D eigenvalue weighted by molar-refractivity contribution is 0.581. The van der Waals surface area contributed by atoms with Crippen molar-refractivity contribution in [2.24, 2.45) is 0 Å². The normalized spacial score (nSPS) is 11.6. The van der Waals surface area contributed by atoms with Crippen LogP contribution in [0.5, 0.6) is 0 Å². The number of nitrogens with zero attached hydrogens (tertiary/aromatic N) is 1. The Bertz CT molecular complexity index is 670. The summed E-state index contributed by atoms with van der Waals surface area (Å²) in [7, 11) is -3.59. The Morgan fingerprint density at radius 3 is 2.74 bits per heavy atom. The van der Waals surface area contributed by atoms with E-state index in [-0.39, 0.29) is 16.5 Å². The van der Waals surface area contributed by atoms with Crippen LogP contribution in [0.25, 0.3) is 0 Å². The quantitative estimate of drug-likeness (QED) is 0.882. The highest BCUT2D eigenvalue weighted by molar-refractivity contribution is 7.89. The molecule has 0 unspecified atom stereocenters. The van der Waals surface area contributed by atoms with Crippen LogP contribution in [-0.4, -0.2) is 19.9 Å². The lowest BCUT2D eigenvalue weighted by atomic mass is 10.3. The number of nitrogens with two attached hydrogens (primary N) is 1. The van der Waals surface area contributed by atoms with E-state index in [9.17, 15) is 8.42 Å². The van der Waals surface area contributed by atoms with Gasteiger partial charge in [0.2, 0.25) is 10.0 Å². The molecule has 0 aliphatic carbocycles. The largest absolute Gasteiger partial charge is 0.375 e. The molecule has 0 saturated heterocycles. The first-order valence-electron chi connectivity index (χ1n) is 5.43. The number of hydrogen-bond acceptors (Lipinski definition) is 5. The highest BCUT2D eigenvalue weighted by Gasteiger charge is 2.16. The molecule has 8 heteroatoms. The molecular formula is C11H12ClN3O2S2. The first-order chi connectivity index (χ1) is 8.99. The third-order valence-electron chi connectivity index (χ3n) is 2.37. The highest BCUT2D eigenvalue weighted by atomic mass is 35.5. The van der Waals surface area contributed by atoms with E-state index < -0.39 is 10.0 Å². The fourth-order valence-corrected chi connectivity index (χ4v) is 3.64. The van der Waals surface area contributed by atoms with E-state index in [2.05, 4.69) is 9.71 Å². The zero-order valence-corrected chi connectivity index (χ0v) is 12.2. The molecule has 0 amide bonds. The van der Waals surface area contributed by atoms with Gasteiger partial charge >= 0.3 is 0 Å². The monoisotopic (exact) mass is 317 g/mol. The van der Waals surface area contributed by atoms with Crippen LogP contribution < -0.4 is 10.5 Å². The number of rotatable bonds is 5. The fraction of sp³-hybridized carbons (Fsp3) is 0.182. The summed E-state index contributed by atoms with van der Waals surface area (Å²) in [6.45, 7) is 0.247. The topological polar surface area (TPSA) is 85.1 Å². The Labute approximate surface area is 120 Å². The lowest BCUT2D eigenvalue weighted by Crippen LogP contribution is -2.26. The molecule has 0 spiro atoms. The van der Waals surface area contributed by atoms with Gasteiger partial charge in [0.05, 0.1) is 10.7 Å². The van der Waals surface area contributed by atoms with E-state index in [4.69, 9.17) is 17.3 Å². The lowest BCUT2D eigenvalue weighted by Gasteiger charge is -2.07. The third kappa shape index (κ3) is 3.66. The first-order valence-corrected chi connectivity index (χ1v) is 8.17. The zero-order valence-electron chi connectivity index (χ0n) is 9.84. The van der Waals surface area contributed by atoms with Crippen LogP contribution >= 0.6 is 22.9 Å². The van der Waals surface area contributed by atoms with Crippen LogP contribution in [0.3, 0.4) is 0 Å². The van der Waals surface area contributed by atoms with E-state index in [1.807, 2.05) is 0 Å². The van der Waals surface area contributed by atoms with E-state index in [1.54, 1.807) is 17.5 Å². The van der Waals surface area contributed by atoms with Gasteiger partial charge in [-0.2, -0.15) is 0 Å². The maximum atomic E-state index is 12.0. The minimum Gasteiger partial charge on any atom is -0.375 e. The molecule has 2 rings (SSSR count). The van der Waals surface area contributed by atoms with Gasteiger partial charge in [-0.3, -0.25) is 0 Å². The summed E-state index contributed by atoms with van der Waals surface area (Å²) < 4.78 is 26.5. The Morgan fingerprint density at radius 2 is 2.11 bits per heavy atom. The molecule has 0 atom stereocenters. The van der Waals surface area contributed by atoms with Crippen LogP contribution in [-0.2, 0) is 16.4 Å². The summed E-state index contributed by atoms with van der Waals surface area (Å²) in [5.41, 5.74) is 6.27. The van der Waals surface area contributed by atoms with Gasteiger partial charge < -0.3 is 5.73 Å². The SMILES string of the molecule is Nc1nc(CCNS(=O)(=O)c2ccccc2Cl)cs1. The van der Waals surface area contributed by atoms with E-state index in [0.29, 0.717) is 11.6 Å². The molecule has 102 valence electrons. The third-order valence-corrected chi connectivity index (χ3v) is 5.05. The summed E-state index contributed by atoms with van der Waals surface area (Å²) in [4.78, 5) is 4.13. The van der Waals surface area contributed by atoms with Crippen LogP contribution in [0.2, 0.25) is 5.02 Å². The van der Waals surface area contributed by atoms with Gasteiger partial charge in [0.25, 0.3) is 0 Å². The van der Waals surface area contributed by atoms with Crippen molar-refractivity contribution in [1.82, 2.24) is 9.71 Å². The zero-order chi connectivity index (χ0) is 13.9. The smallest absolute Gasteiger partial charge is 0.242 e. The van der Waals surface area contributed by atoms with Gasteiger partial charge in [-0.25, -0.2) is 18.1 Å². The maximum Gasteiger partial charge on any atom is 0.242 e. The summed E-state index contributed by atoms with van der Waals surface area (Å²) in [6.07, 6.45) is 0.484. The predicted octanol–water partition coefficient (Wildman–Crippen LogP) is 1.90. The van der Waals surface area contributed by atoms with Gasteiger partial charge in [-0.15, -0.1) is 11.3 Å². The molecular weight excluding hydrogens is 306 g/mol. The standard InChI is InChI=1S/C11H12ClN3O2S2/c12-9-3-1-2-4-10(9)19(16,17)14-6-5-8-7-18-11(13)15-8/h1-4,7,14H,5-6H2,(H2,13,15). The fourth-order valence-electron chi connectivity index (χ4n) is 1.49. The molecule has 1 heterocycles. The van der Waals surface area contributed by atoms with Gasteiger partial charge in [0, 0.05) is 18.3 Å². The average molecular weight is 318 g/mol. The number of anilines is 1. The molecule has 3 N–H and O–H groups in total. The molecule has 19 heavy (non-hydrogen) atoms. The molecule has 1 aromatic heterocycles. The second kappa shape index (κ2) is 5.87. The Hall–Kier alpha value is -1.15. The van der Waals surface area contributed by atoms with E-state index in [0.717, 1.165) is 5.69 Å². The molecule has 0 saturated carbocycles. The number of thiazole rings is 1. The Morgan fingerprint density at radius 1 is 1.37 bits per heavy atom. The van der Waals surface area contributed by atoms with E-state index >= 15 is 0 Å². The minimum atomic E-state index is -3.59. The molecule has 0 aliphatic heterocycles. The summed E-state index contributed by atoms with van der Waals surface area (Å²) in [5.74, 6) is 0. The Kier molecular flexibility index (Phi) is 4.41. The van der Waals surface area contributed by atoms with Crippen molar-refractivity contribution >= 4 is 38.1 Å². The maximum absolute atomic E-state index is 12.0. The summed E-state index contributed by atoms with van der Waals surface area (Å²) in [5, 5.41) is 2.48. The molecule has 0 fully saturated rings. The van der Waals surface area contributed by atoms with Crippen LogP contribution in [0, 0.1) is 0 Å². The second-order valence-electron chi connectivity index (χ2n) is 3.76. The van der Waals surface area contributed by atoms with Crippen molar-refractivity contribution in [3.63, 3.8) is 0 Å². The number of nitrogens with one attached hydrogen (secondary N) is 1. The number of nitrogen functional groups attached to an aromatic ring is 1. The number of halogens is 1.